The second kappa shape index (κ2) is 5.58. The van der Waals surface area contributed by atoms with Crippen molar-refractivity contribution in [3.05, 3.63) is 63.0 Å². The van der Waals surface area contributed by atoms with Crippen LogP contribution in [0, 0.1) is 0 Å². The van der Waals surface area contributed by atoms with Crippen LogP contribution in [-0.4, -0.2) is 16.1 Å². The van der Waals surface area contributed by atoms with E-state index in [4.69, 9.17) is 0 Å². The van der Waals surface area contributed by atoms with Crippen molar-refractivity contribution >= 4 is 48.7 Å². The van der Waals surface area contributed by atoms with Crippen molar-refractivity contribution < 1.29 is 9.90 Å². The minimum atomic E-state index is -0.968. The van der Waals surface area contributed by atoms with Gasteiger partial charge in [0.05, 0.1) is 16.8 Å². The van der Waals surface area contributed by atoms with Gasteiger partial charge in [0, 0.05) is 19.9 Å². The van der Waals surface area contributed by atoms with Gasteiger partial charge in [-0.1, -0.05) is 46.3 Å². The molecule has 5 heteroatoms. The number of pyridine rings is 1. The Kier molecular flexibility index (Phi) is 3.78. The molecule has 0 amide bonds. The first-order chi connectivity index (χ1) is 10.1. The van der Waals surface area contributed by atoms with E-state index in [0.717, 1.165) is 14.5 Å². The van der Waals surface area contributed by atoms with Crippen LogP contribution >= 0.6 is 31.9 Å². The molecule has 0 saturated heterocycles. The molecule has 1 heterocycles. The highest BCUT2D eigenvalue weighted by Gasteiger charge is 2.15. The Balaban J connectivity index is 2.38. The molecule has 0 aliphatic carbocycles. The smallest absolute Gasteiger partial charge is 0.336 e. The van der Waals surface area contributed by atoms with Gasteiger partial charge < -0.3 is 5.11 Å². The summed E-state index contributed by atoms with van der Waals surface area (Å²) in [5, 5.41) is 10.1. The summed E-state index contributed by atoms with van der Waals surface area (Å²) in [6, 6.07) is 14.8. The molecule has 0 fully saturated rings. The zero-order valence-electron chi connectivity index (χ0n) is 10.7. The first kappa shape index (κ1) is 14.2. The van der Waals surface area contributed by atoms with Gasteiger partial charge in [-0.05, 0) is 34.1 Å². The molecule has 2 aromatic carbocycles. The quantitative estimate of drug-likeness (QED) is 0.642. The fourth-order valence-electron chi connectivity index (χ4n) is 2.19. The third-order valence-electron chi connectivity index (χ3n) is 3.13. The standard InChI is InChI=1S/C16H9Br2NO2/c17-10-6-11-12(16(20)21)8-14(9-4-2-1-3-5-9)19-15(11)13(18)7-10/h1-8H,(H,20,21). The molecule has 3 aromatic rings. The number of hydrogen-bond acceptors (Lipinski definition) is 2. The monoisotopic (exact) mass is 405 g/mol. The van der Waals surface area contributed by atoms with Gasteiger partial charge in [0.2, 0.25) is 0 Å². The number of aromatic carboxylic acids is 1. The van der Waals surface area contributed by atoms with E-state index in [1.807, 2.05) is 36.4 Å². The number of aromatic nitrogens is 1. The van der Waals surface area contributed by atoms with Crippen LogP contribution in [-0.2, 0) is 0 Å². The molecule has 3 nitrogen and oxygen atoms in total. The first-order valence-electron chi connectivity index (χ1n) is 6.15. The fraction of sp³-hybridized carbons (Fsp3) is 0. The van der Waals surface area contributed by atoms with Crippen molar-refractivity contribution in [2.45, 2.75) is 0 Å². The molecule has 0 bridgehead atoms. The summed E-state index contributed by atoms with van der Waals surface area (Å²) < 4.78 is 1.56. The molecule has 104 valence electrons. The van der Waals surface area contributed by atoms with Crippen LogP contribution in [0.2, 0.25) is 0 Å². The number of rotatable bonds is 2. The molecule has 0 unspecified atom stereocenters. The number of carboxylic acid groups (broad SMARTS) is 1. The Morgan fingerprint density at radius 1 is 1.05 bits per heavy atom. The number of fused-ring (bicyclic) bond motifs is 1. The molecule has 0 atom stereocenters. The molecule has 1 aromatic heterocycles. The zero-order valence-corrected chi connectivity index (χ0v) is 13.8. The van der Waals surface area contributed by atoms with Gasteiger partial charge in [-0.3, -0.25) is 0 Å². The summed E-state index contributed by atoms with van der Waals surface area (Å²) in [6.45, 7) is 0. The SMILES string of the molecule is O=C(O)c1cc(-c2ccccc2)nc2c(Br)cc(Br)cc12. The van der Waals surface area contributed by atoms with Crippen molar-refractivity contribution in [1.82, 2.24) is 4.98 Å². The topological polar surface area (TPSA) is 50.2 Å². The predicted octanol–water partition coefficient (Wildman–Crippen LogP) is 5.13. The highest BCUT2D eigenvalue weighted by atomic mass is 79.9. The molecular weight excluding hydrogens is 398 g/mol. The number of halogens is 2. The minimum absolute atomic E-state index is 0.237. The normalized spacial score (nSPS) is 10.8. The summed E-state index contributed by atoms with van der Waals surface area (Å²) in [4.78, 5) is 16.2. The van der Waals surface area contributed by atoms with Crippen molar-refractivity contribution in [1.29, 1.82) is 0 Å². The lowest BCUT2D eigenvalue weighted by Crippen LogP contribution is -2.00. The molecule has 0 radical (unpaired) electrons. The van der Waals surface area contributed by atoms with Gasteiger partial charge in [0.15, 0.2) is 0 Å². The summed E-state index contributed by atoms with van der Waals surface area (Å²) in [7, 11) is 0. The van der Waals surface area contributed by atoms with Gasteiger partial charge in [-0.25, -0.2) is 9.78 Å². The van der Waals surface area contributed by atoms with Crippen LogP contribution in [0.25, 0.3) is 22.2 Å². The van der Waals surface area contributed by atoms with Gasteiger partial charge in [0.25, 0.3) is 0 Å². The first-order valence-corrected chi connectivity index (χ1v) is 7.73. The molecule has 0 aliphatic rings. The lowest BCUT2D eigenvalue weighted by molar-refractivity contribution is 0.0699. The molecule has 0 aliphatic heterocycles. The number of benzene rings is 2. The van der Waals surface area contributed by atoms with E-state index in [9.17, 15) is 9.90 Å². The van der Waals surface area contributed by atoms with E-state index >= 15 is 0 Å². The lowest BCUT2D eigenvalue weighted by atomic mass is 10.0. The van der Waals surface area contributed by atoms with Crippen LogP contribution in [0.3, 0.4) is 0 Å². The van der Waals surface area contributed by atoms with Crippen LogP contribution in [0.5, 0.6) is 0 Å². The average Bonchev–Trinajstić information content (AvgIpc) is 2.47. The van der Waals surface area contributed by atoms with Crippen LogP contribution in [0.15, 0.2) is 57.5 Å². The molecule has 0 spiro atoms. The Morgan fingerprint density at radius 3 is 2.43 bits per heavy atom. The summed E-state index contributed by atoms with van der Waals surface area (Å²) in [6.07, 6.45) is 0. The highest BCUT2D eigenvalue weighted by Crippen LogP contribution is 2.32. The van der Waals surface area contributed by atoms with E-state index in [0.29, 0.717) is 16.6 Å². The maximum atomic E-state index is 11.6. The van der Waals surface area contributed by atoms with Crippen molar-refractivity contribution in [2.24, 2.45) is 0 Å². The Bertz CT molecular complexity index is 848. The van der Waals surface area contributed by atoms with Crippen molar-refractivity contribution in [2.75, 3.05) is 0 Å². The predicted molar refractivity (Wildman–Crippen MR) is 89.5 cm³/mol. The minimum Gasteiger partial charge on any atom is -0.478 e. The van der Waals surface area contributed by atoms with Crippen molar-refractivity contribution in [3.8, 4) is 11.3 Å². The average molecular weight is 407 g/mol. The third-order valence-corrected chi connectivity index (χ3v) is 4.19. The van der Waals surface area contributed by atoms with Gasteiger partial charge in [-0.2, -0.15) is 0 Å². The van der Waals surface area contributed by atoms with E-state index < -0.39 is 5.97 Å². The van der Waals surface area contributed by atoms with E-state index in [2.05, 4.69) is 36.8 Å². The molecule has 1 N–H and O–H groups in total. The van der Waals surface area contributed by atoms with E-state index in [1.165, 1.54) is 0 Å². The largest absolute Gasteiger partial charge is 0.478 e. The number of hydrogen-bond donors (Lipinski definition) is 1. The molecule has 21 heavy (non-hydrogen) atoms. The van der Waals surface area contributed by atoms with Crippen LogP contribution in [0.4, 0.5) is 0 Å². The maximum Gasteiger partial charge on any atom is 0.336 e. The molecular formula is C16H9Br2NO2. The molecule has 0 saturated carbocycles. The number of nitrogens with zero attached hydrogens (tertiary/aromatic N) is 1. The van der Waals surface area contributed by atoms with E-state index in [1.54, 1.807) is 12.1 Å². The summed E-state index contributed by atoms with van der Waals surface area (Å²) >= 11 is 6.83. The second-order valence-corrected chi connectivity index (χ2v) is 6.28. The van der Waals surface area contributed by atoms with E-state index in [-0.39, 0.29) is 5.56 Å². The zero-order chi connectivity index (χ0) is 15.0. The van der Waals surface area contributed by atoms with Gasteiger partial charge in [-0.15, -0.1) is 0 Å². The van der Waals surface area contributed by atoms with Gasteiger partial charge in [0.1, 0.15) is 0 Å². The number of carboxylic acids is 1. The lowest BCUT2D eigenvalue weighted by Gasteiger charge is -2.09. The number of carbonyl (C=O) groups is 1. The maximum absolute atomic E-state index is 11.6. The Hall–Kier alpha value is -1.72. The Labute approximate surface area is 137 Å². The third kappa shape index (κ3) is 2.71. The van der Waals surface area contributed by atoms with Crippen LogP contribution in [0.1, 0.15) is 10.4 Å². The second-order valence-electron chi connectivity index (χ2n) is 4.51. The summed E-state index contributed by atoms with van der Waals surface area (Å²) in [5.74, 6) is -0.968. The highest BCUT2D eigenvalue weighted by molar-refractivity contribution is 9.11. The van der Waals surface area contributed by atoms with Crippen LogP contribution < -0.4 is 0 Å². The molecule has 3 rings (SSSR count). The Morgan fingerprint density at radius 2 is 1.76 bits per heavy atom. The summed E-state index contributed by atoms with van der Waals surface area (Å²) in [5.41, 5.74) is 2.40. The van der Waals surface area contributed by atoms with Crippen molar-refractivity contribution in [3.63, 3.8) is 0 Å². The fourth-order valence-corrected chi connectivity index (χ4v) is 3.50. The van der Waals surface area contributed by atoms with Gasteiger partial charge >= 0.3 is 5.97 Å².